The van der Waals surface area contributed by atoms with Crippen molar-refractivity contribution in [3.63, 3.8) is 0 Å². The molecule has 0 aliphatic carbocycles. The number of thiophene rings is 1. The van der Waals surface area contributed by atoms with Crippen molar-refractivity contribution >= 4 is 39.0 Å². The first-order chi connectivity index (χ1) is 13.6. The van der Waals surface area contributed by atoms with Gasteiger partial charge in [0.05, 0.1) is 16.5 Å². The lowest BCUT2D eigenvalue weighted by Gasteiger charge is -2.27. The summed E-state index contributed by atoms with van der Waals surface area (Å²) in [5.74, 6) is -1.39. The molecule has 1 amide bonds. The van der Waals surface area contributed by atoms with Gasteiger partial charge in [-0.3, -0.25) is 14.6 Å². The van der Waals surface area contributed by atoms with Gasteiger partial charge in [0.2, 0.25) is 5.78 Å². The van der Waals surface area contributed by atoms with Gasteiger partial charge in [0.25, 0.3) is 5.91 Å². The molecule has 2 aromatic heterocycles. The van der Waals surface area contributed by atoms with Gasteiger partial charge in [0.1, 0.15) is 0 Å². The van der Waals surface area contributed by atoms with Crippen molar-refractivity contribution < 1.29 is 14.7 Å². The fraction of sp³-hybridized carbons (Fsp3) is 0.0952. The number of ketones is 1. The van der Waals surface area contributed by atoms with Crippen molar-refractivity contribution in [3.8, 4) is 0 Å². The highest BCUT2D eigenvalue weighted by atomic mass is 79.9. The summed E-state index contributed by atoms with van der Waals surface area (Å²) < 4.78 is 0.827. The molecule has 0 saturated heterocycles. The Balaban J connectivity index is 1.81. The van der Waals surface area contributed by atoms with E-state index in [9.17, 15) is 14.7 Å². The monoisotopic (exact) mass is 454 g/mol. The van der Waals surface area contributed by atoms with Crippen LogP contribution >= 0.6 is 27.3 Å². The molecule has 3 heterocycles. The molecule has 7 heteroatoms. The van der Waals surface area contributed by atoms with Crippen molar-refractivity contribution in [2.75, 3.05) is 0 Å². The van der Waals surface area contributed by atoms with Crippen LogP contribution in [0.1, 0.15) is 26.8 Å². The Morgan fingerprint density at radius 2 is 2.07 bits per heavy atom. The van der Waals surface area contributed by atoms with Gasteiger partial charge in [-0.15, -0.1) is 11.3 Å². The average Bonchev–Trinajstić information content (AvgIpc) is 3.32. The molecule has 28 heavy (non-hydrogen) atoms. The minimum Gasteiger partial charge on any atom is -0.503 e. The Labute approximate surface area is 174 Å². The van der Waals surface area contributed by atoms with E-state index >= 15 is 0 Å². The first-order valence-electron chi connectivity index (χ1n) is 8.53. The van der Waals surface area contributed by atoms with Crippen LogP contribution in [-0.2, 0) is 11.3 Å². The van der Waals surface area contributed by atoms with Crippen LogP contribution in [0.25, 0.3) is 0 Å². The van der Waals surface area contributed by atoms with E-state index in [0.717, 1.165) is 15.6 Å². The van der Waals surface area contributed by atoms with Crippen molar-refractivity contribution in [2.45, 2.75) is 12.6 Å². The summed E-state index contributed by atoms with van der Waals surface area (Å²) in [4.78, 5) is 32.1. The van der Waals surface area contributed by atoms with Crippen LogP contribution in [0.5, 0.6) is 0 Å². The first-order valence-corrected chi connectivity index (χ1v) is 10.2. The summed E-state index contributed by atoms with van der Waals surface area (Å²) in [6, 6.07) is 13.8. The van der Waals surface area contributed by atoms with E-state index < -0.39 is 17.7 Å². The van der Waals surface area contributed by atoms with Gasteiger partial charge in [-0.05, 0) is 40.8 Å². The fourth-order valence-corrected chi connectivity index (χ4v) is 4.40. The third-order valence-electron chi connectivity index (χ3n) is 4.53. The molecule has 1 aliphatic rings. The number of carbonyl (C=O) groups excluding carboxylic acids is 2. The second kappa shape index (κ2) is 7.69. The zero-order chi connectivity index (χ0) is 19.7. The van der Waals surface area contributed by atoms with E-state index in [2.05, 4.69) is 20.9 Å². The summed E-state index contributed by atoms with van der Waals surface area (Å²) in [5.41, 5.74) is 1.67. The summed E-state index contributed by atoms with van der Waals surface area (Å²) in [6.07, 6.45) is 3.32. The number of halogens is 1. The molecule has 0 radical (unpaired) electrons. The minimum atomic E-state index is -0.681. The van der Waals surface area contributed by atoms with E-state index in [4.69, 9.17) is 0 Å². The maximum absolute atomic E-state index is 13.1. The molecule has 1 aliphatic heterocycles. The Morgan fingerprint density at radius 3 is 2.75 bits per heavy atom. The second-order valence-electron chi connectivity index (χ2n) is 6.32. The molecule has 0 spiro atoms. The molecule has 3 aromatic rings. The van der Waals surface area contributed by atoms with Gasteiger partial charge in [0.15, 0.2) is 5.76 Å². The minimum absolute atomic E-state index is 0.106. The van der Waals surface area contributed by atoms with Crippen molar-refractivity contribution in [3.05, 3.63) is 98.1 Å². The number of nitrogens with zero attached hydrogens (tertiary/aromatic N) is 2. The number of rotatable bonds is 5. The van der Waals surface area contributed by atoms with Gasteiger partial charge in [0, 0.05) is 23.4 Å². The number of carbonyl (C=O) groups is 2. The Morgan fingerprint density at radius 1 is 1.21 bits per heavy atom. The van der Waals surface area contributed by atoms with Crippen molar-refractivity contribution in [1.29, 1.82) is 0 Å². The van der Waals surface area contributed by atoms with Gasteiger partial charge in [-0.2, -0.15) is 0 Å². The molecule has 0 saturated carbocycles. The van der Waals surface area contributed by atoms with Crippen LogP contribution in [0.2, 0.25) is 0 Å². The predicted octanol–water partition coefficient (Wildman–Crippen LogP) is 4.68. The lowest BCUT2D eigenvalue weighted by Crippen LogP contribution is -2.30. The smallest absolute Gasteiger partial charge is 0.290 e. The third kappa shape index (κ3) is 3.39. The maximum atomic E-state index is 13.1. The van der Waals surface area contributed by atoms with Crippen LogP contribution in [0.4, 0.5) is 0 Å². The summed E-state index contributed by atoms with van der Waals surface area (Å²) >= 11 is 4.73. The number of hydrogen-bond donors (Lipinski definition) is 1. The van der Waals surface area contributed by atoms with Crippen LogP contribution < -0.4 is 0 Å². The maximum Gasteiger partial charge on any atom is 0.290 e. The number of aliphatic hydroxyl groups is 1. The van der Waals surface area contributed by atoms with Crippen LogP contribution in [0.3, 0.4) is 0 Å². The Kier molecular flexibility index (Phi) is 5.11. The SMILES string of the molecule is O=C(C1=C(O)C(=O)N(Cc2cccnc2)[C@@H]1c1cccc(Br)c1)c1cccs1. The number of pyridine rings is 1. The number of benzene rings is 1. The van der Waals surface area contributed by atoms with Crippen molar-refractivity contribution in [2.24, 2.45) is 0 Å². The normalized spacial score (nSPS) is 16.7. The molecule has 1 aromatic carbocycles. The summed E-state index contributed by atoms with van der Waals surface area (Å²) in [6.45, 7) is 0.231. The standard InChI is InChI=1S/C21H15BrN2O3S/c22-15-6-1-5-14(10-15)18-17(19(25)16-7-3-9-28-16)20(26)21(27)24(18)12-13-4-2-8-23-11-13/h1-11,18,26H,12H2/t18-/m1/s1. The van der Waals surface area contributed by atoms with E-state index in [-0.39, 0.29) is 17.9 Å². The third-order valence-corrected chi connectivity index (χ3v) is 5.90. The summed E-state index contributed by atoms with van der Waals surface area (Å²) in [7, 11) is 0. The quantitative estimate of drug-likeness (QED) is 0.567. The molecular formula is C21H15BrN2O3S. The Bertz CT molecular complexity index is 1060. The largest absolute Gasteiger partial charge is 0.503 e. The molecule has 0 bridgehead atoms. The van der Waals surface area contributed by atoms with Gasteiger partial charge < -0.3 is 10.0 Å². The lowest BCUT2D eigenvalue weighted by molar-refractivity contribution is -0.130. The molecule has 0 fully saturated rings. The van der Waals surface area contributed by atoms with E-state index in [1.807, 2.05) is 30.3 Å². The van der Waals surface area contributed by atoms with Crippen LogP contribution in [0.15, 0.2) is 82.1 Å². The topological polar surface area (TPSA) is 70.5 Å². The molecule has 1 atom stereocenters. The molecule has 140 valence electrons. The van der Waals surface area contributed by atoms with Crippen LogP contribution in [0, 0.1) is 0 Å². The van der Waals surface area contributed by atoms with Gasteiger partial charge in [-0.25, -0.2) is 0 Å². The molecular weight excluding hydrogens is 440 g/mol. The van der Waals surface area contributed by atoms with Gasteiger partial charge in [-0.1, -0.05) is 40.2 Å². The predicted molar refractivity (Wildman–Crippen MR) is 110 cm³/mol. The number of hydrogen-bond acceptors (Lipinski definition) is 5. The van der Waals surface area contributed by atoms with Gasteiger partial charge >= 0.3 is 0 Å². The molecule has 1 N–H and O–H groups in total. The molecule has 4 rings (SSSR count). The number of aliphatic hydroxyl groups excluding tert-OH is 1. The van der Waals surface area contributed by atoms with E-state index in [1.165, 1.54) is 16.2 Å². The zero-order valence-corrected chi connectivity index (χ0v) is 17.0. The van der Waals surface area contributed by atoms with Crippen LogP contribution in [-0.4, -0.2) is 26.7 Å². The highest BCUT2D eigenvalue weighted by Crippen LogP contribution is 2.40. The number of amides is 1. The highest BCUT2D eigenvalue weighted by molar-refractivity contribution is 9.10. The first kappa shape index (κ1) is 18.6. The summed E-state index contributed by atoms with van der Waals surface area (Å²) in [5, 5.41) is 12.4. The second-order valence-corrected chi connectivity index (χ2v) is 8.18. The van der Waals surface area contributed by atoms with Crippen molar-refractivity contribution in [1.82, 2.24) is 9.88 Å². The average molecular weight is 455 g/mol. The molecule has 0 unspecified atom stereocenters. The fourth-order valence-electron chi connectivity index (χ4n) is 3.30. The highest BCUT2D eigenvalue weighted by Gasteiger charge is 2.44. The zero-order valence-electron chi connectivity index (χ0n) is 14.6. The number of Topliss-reactive ketones (excluding diaryl/α,β-unsaturated/α-hetero) is 1. The number of aromatic nitrogens is 1. The molecule has 5 nitrogen and oxygen atoms in total. The Hall–Kier alpha value is -2.77. The lowest BCUT2D eigenvalue weighted by atomic mass is 9.95. The van der Waals surface area contributed by atoms with E-state index in [0.29, 0.717) is 4.88 Å². The van der Waals surface area contributed by atoms with E-state index in [1.54, 1.807) is 36.0 Å².